The second-order valence-electron chi connectivity index (χ2n) is 6.64. The van der Waals surface area contributed by atoms with E-state index in [0.717, 1.165) is 51.1 Å². The summed E-state index contributed by atoms with van der Waals surface area (Å²) < 4.78 is 5.26. The van der Waals surface area contributed by atoms with Gasteiger partial charge in [0.25, 0.3) is 0 Å². The fourth-order valence-corrected chi connectivity index (χ4v) is 3.06. The Morgan fingerprint density at radius 3 is 2.73 bits per heavy atom. The molecule has 6 heteroatoms. The van der Waals surface area contributed by atoms with Gasteiger partial charge in [0.2, 0.25) is 11.8 Å². The van der Waals surface area contributed by atoms with Gasteiger partial charge in [0.05, 0.1) is 0 Å². The van der Waals surface area contributed by atoms with Gasteiger partial charge in [-0.2, -0.15) is 4.98 Å². The number of hydrogen-bond acceptors (Lipinski definition) is 5. The van der Waals surface area contributed by atoms with Gasteiger partial charge >= 0.3 is 0 Å². The number of rotatable bonds is 6. The number of carbonyl (C=O) groups is 1. The number of amides is 1. The van der Waals surface area contributed by atoms with Crippen molar-refractivity contribution < 1.29 is 9.32 Å². The van der Waals surface area contributed by atoms with Crippen molar-refractivity contribution in [2.24, 2.45) is 5.92 Å². The van der Waals surface area contributed by atoms with Crippen LogP contribution in [0.25, 0.3) is 0 Å². The van der Waals surface area contributed by atoms with Crippen LogP contribution in [0.1, 0.15) is 69.6 Å². The molecule has 1 atom stereocenters. The van der Waals surface area contributed by atoms with E-state index in [0.29, 0.717) is 24.1 Å². The normalized spacial score (nSPS) is 21.7. The van der Waals surface area contributed by atoms with Crippen molar-refractivity contribution in [1.29, 1.82) is 0 Å². The summed E-state index contributed by atoms with van der Waals surface area (Å²) in [5.74, 6) is 2.39. The lowest BCUT2D eigenvalue weighted by Gasteiger charge is -2.30. The van der Waals surface area contributed by atoms with Gasteiger partial charge in [-0.15, -0.1) is 0 Å². The Bertz CT molecular complexity index is 504. The molecule has 1 aromatic heterocycles. The number of carbonyl (C=O) groups excluding carboxylic acids is 1. The van der Waals surface area contributed by atoms with E-state index in [1.807, 2.05) is 6.92 Å². The Kier molecular flexibility index (Phi) is 4.76. The van der Waals surface area contributed by atoms with Crippen LogP contribution >= 0.6 is 0 Å². The van der Waals surface area contributed by atoms with Crippen LogP contribution in [-0.2, 0) is 4.79 Å². The molecule has 3 rings (SSSR count). The quantitative estimate of drug-likeness (QED) is 0.873. The fourth-order valence-electron chi connectivity index (χ4n) is 3.06. The number of nitrogens with one attached hydrogen (secondary N) is 1. The Balaban J connectivity index is 1.44. The second kappa shape index (κ2) is 6.77. The zero-order valence-corrected chi connectivity index (χ0v) is 13.5. The summed E-state index contributed by atoms with van der Waals surface area (Å²) in [5, 5.41) is 6.99. The molecule has 0 unspecified atom stereocenters. The summed E-state index contributed by atoms with van der Waals surface area (Å²) in [5.41, 5.74) is 0. The molecule has 0 bridgehead atoms. The van der Waals surface area contributed by atoms with Crippen LogP contribution in [0, 0.1) is 5.92 Å². The Hall–Kier alpha value is -1.43. The third-order valence-electron chi connectivity index (χ3n) is 4.78. The van der Waals surface area contributed by atoms with Gasteiger partial charge in [-0.25, -0.2) is 0 Å². The van der Waals surface area contributed by atoms with Crippen molar-refractivity contribution in [2.75, 3.05) is 19.6 Å². The molecule has 1 saturated heterocycles. The lowest BCUT2D eigenvalue weighted by atomic mass is 9.93. The van der Waals surface area contributed by atoms with E-state index in [1.165, 1.54) is 0 Å². The fraction of sp³-hybridized carbons (Fsp3) is 0.812. The number of nitrogens with zero attached hydrogens (tertiary/aromatic N) is 3. The summed E-state index contributed by atoms with van der Waals surface area (Å²) in [6.45, 7) is 7.42. The van der Waals surface area contributed by atoms with E-state index in [2.05, 4.69) is 27.3 Å². The first kappa shape index (κ1) is 15.5. The average Bonchev–Trinajstić information content (AvgIpc) is 3.25. The predicted molar refractivity (Wildman–Crippen MR) is 82.3 cm³/mol. The molecule has 2 fully saturated rings. The summed E-state index contributed by atoms with van der Waals surface area (Å²) in [4.78, 5) is 19.0. The molecule has 22 heavy (non-hydrogen) atoms. The predicted octanol–water partition coefficient (Wildman–Crippen LogP) is 2.25. The monoisotopic (exact) mass is 306 g/mol. The van der Waals surface area contributed by atoms with Crippen molar-refractivity contribution in [1.82, 2.24) is 20.4 Å². The zero-order chi connectivity index (χ0) is 15.5. The van der Waals surface area contributed by atoms with Crippen molar-refractivity contribution in [2.45, 2.75) is 57.9 Å². The SMILES string of the molecule is CCN1CCC(CC(=O)N[C@@H](C)c2nc(C3CC3)no2)CC1. The van der Waals surface area contributed by atoms with Crippen LogP contribution in [0.2, 0.25) is 0 Å². The van der Waals surface area contributed by atoms with Gasteiger partial charge < -0.3 is 14.7 Å². The topological polar surface area (TPSA) is 71.3 Å². The Morgan fingerprint density at radius 1 is 1.36 bits per heavy atom. The van der Waals surface area contributed by atoms with Crippen LogP contribution in [0.4, 0.5) is 0 Å². The highest BCUT2D eigenvalue weighted by atomic mass is 16.5. The highest BCUT2D eigenvalue weighted by Crippen LogP contribution is 2.38. The lowest BCUT2D eigenvalue weighted by Crippen LogP contribution is -2.36. The van der Waals surface area contributed by atoms with Crippen LogP contribution in [0.3, 0.4) is 0 Å². The first-order chi connectivity index (χ1) is 10.7. The molecule has 0 radical (unpaired) electrons. The molecule has 0 aromatic carbocycles. The largest absolute Gasteiger partial charge is 0.345 e. The first-order valence-electron chi connectivity index (χ1n) is 8.51. The number of hydrogen-bond donors (Lipinski definition) is 1. The molecular formula is C16H26N4O2. The van der Waals surface area contributed by atoms with E-state index in [9.17, 15) is 4.79 Å². The molecule has 2 aliphatic rings. The lowest BCUT2D eigenvalue weighted by molar-refractivity contribution is -0.123. The average molecular weight is 306 g/mol. The molecule has 6 nitrogen and oxygen atoms in total. The standard InChI is InChI=1S/C16H26N4O2/c1-3-20-8-6-12(7-9-20)10-14(21)17-11(2)16-18-15(19-22-16)13-4-5-13/h11-13H,3-10H2,1-2H3,(H,17,21)/t11-/m0/s1. The molecule has 1 N–H and O–H groups in total. The van der Waals surface area contributed by atoms with E-state index < -0.39 is 0 Å². The van der Waals surface area contributed by atoms with Gasteiger partial charge in [-0.1, -0.05) is 12.1 Å². The van der Waals surface area contributed by atoms with Crippen LogP contribution in [0.5, 0.6) is 0 Å². The van der Waals surface area contributed by atoms with Gasteiger partial charge in [0, 0.05) is 12.3 Å². The number of aromatic nitrogens is 2. The molecule has 1 saturated carbocycles. The molecule has 122 valence electrons. The molecule has 0 spiro atoms. The number of piperidine rings is 1. The Morgan fingerprint density at radius 2 is 2.09 bits per heavy atom. The first-order valence-corrected chi connectivity index (χ1v) is 8.51. The molecular weight excluding hydrogens is 280 g/mol. The molecule has 1 amide bonds. The van der Waals surface area contributed by atoms with E-state index in [4.69, 9.17) is 4.52 Å². The van der Waals surface area contributed by atoms with Gasteiger partial charge in [0.1, 0.15) is 6.04 Å². The highest BCUT2D eigenvalue weighted by molar-refractivity contribution is 5.76. The number of likely N-dealkylation sites (tertiary alicyclic amines) is 1. The maximum absolute atomic E-state index is 12.2. The van der Waals surface area contributed by atoms with E-state index >= 15 is 0 Å². The smallest absolute Gasteiger partial charge is 0.248 e. The maximum atomic E-state index is 12.2. The van der Waals surface area contributed by atoms with Gasteiger partial charge in [0.15, 0.2) is 5.82 Å². The van der Waals surface area contributed by atoms with Crippen molar-refractivity contribution in [3.63, 3.8) is 0 Å². The summed E-state index contributed by atoms with van der Waals surface area (Å²) in [6.07, 6.45) is 5.13. The van der Waals surface area contributed by atoms with E-state index in [-0.39, 0.29) is 11.9 Å². The third kappa shape index (κ3) is 3.85. The highest BCUT2D eigenvalue weighted by Gasteiger charge is 2.30. The van der Waals surface area contributed by atoms with Crippen LogP contribution < -0.4 is 5.32 Å². The minimum absolute atomic E-state index is 0.0913. The maximum Gasteiger partial charge on any atom is 0.248 e. The molecule has 2 heterocycles. The molecule has 1 aliphatic heterocycles. The van der Waals surface area contributed by atoms with Crippen molar-refractivity contribution in [3.05, 3.63) is 11.7 Å². The minimum Gasteiger partial charge on any atom is -0.345 e. The minimum atomic E-state index is -0.205. The van der Waals surface area contributed by atoms with E-state index in [1.54, 1.807) is 0 Å². The third-order valence-corrected chi connectivity index (χ3v) is 4.78. The van der Waals surface area contributed by atoms with Crippen LogP contribution in [-0.4, -0.2) is 40.6 Å². The summed E-state index contributed by atoms with van der Waals surface area (Å²) in [7, 11) is 0. The van der Waals surface area contributed by atoms with Crippen molar-refractivity contribution in [3.8, 4) is 0 Å². The zero-order valence-electron chi connectivity index (χ0n) is 13.5. The summed E-state index contributed by atoms with van der Waals surface area (Å²) in [6, 6.07) is -0.205. The second-order valence-corrected chi connectivity index (χ2v) is 6.64. The van der Waals surface area contributed by atoms with Crippen molar-refractivity contribution >= 4 is 5.91 Å². The molecule has 1 aromatic rings. The van der Waals surface area contributed by atoms with Crippen LogP contribution in [0.15, 0.2) is 4.52 Å². The van der Waals surface area contributed by atoms with Gasteiger partial charge in [-0.05, 0) is 58.2 Å². The van der Waals surface area contributed by atoms with Gasteiger partial charge in [-0.3, -0.25) is 4.79 Å². The molecule has 1 aliphatic carbocycles. The summed E-state index contributed by atoms with van der Waals surface area (Å²) >= 11 is 0. The Labute approximate surface area is 131 Å².